The zero-order valence-electron chi connectivity index (χ0n) is 10.6. The third kappa shape index (κ3) is 3.23. The van der Waals surface area contributed by atoms with Crippen LogP contribution in [0.3, 0.4) is 0 Å². The van der Waals surface area contributed by atoms with Crippen LogP contribution in [0.4, 0.5) is 0 Å². The Balaban J connectivity index is 1.58. The van der Waals surface area contributed by atoms with Gasteiger partial charge in [-0.1, -0.05) is 0 Å². The Morgan fingerprint density at radius 1 is 1.32 bits per heavy atom. The van der Waals surface area contributed by atoms with E-state index in [2.05, 4.69) is 25.9 Å². The molecule has 102 valence electrons. The van der Waals surface area contributed by atoms with E-state index in [0.29, 0.717) is 18.5 Å². The Kier molecular flexibility index (Phi) is 3.68. The summed E-state index contributed by atoms with van der Waals surface area (Å²) in [6.45, 7) is 1.52. The fourth-order valence-electron chi connectivity index (χ4n) is 2.33. The van der Waals surface area contributed by atoms with Gasteiger partial charge in [0.2, 0.25) is 5.91 Å². The second-order valence-electron chi connectivity index (χ2n) is 5.12. The molecule has 5 nitrogen and oxygen atoms in total. The first-order chi connectivity index (χ1) is 9.22. The molecule has 1 aliphatic carbocycles. The Labute approximate surface area is 120 Å². The lowest BCUT2D eigenvalue weighted by Crippen LogP contribution is -2.45. The van der Waals surface area contributed by atoms with Crippen molar-refractivity contribution in [1.82, 2.24) is 14.9 Å². The van der Waals surface area contributed by atoms with Gasteiger partial charge in [-0.25, -0.2) is 9.97 Å². The predicted molar refractivity (Wildman–Crippen MR) is 72.7 cm³/mol. The number of nitrogens with zero attached hydrogens (tertiary/aromatic N) is 3. The predicted octanol–water partition coefficient (Wildman–Crippen LogP) is 2.02. The van der Waals surface area contributed by atoms with Gasteiger partial charge in [0.1, 0.15) is 6.10 Å². The summed E-state index contributed by atoms with van der Waals surface area (Å²) in [6.07, 6.45) is 7.38. The fourth-order valence-corrected chi connectivity index (χ4v) is 2.54. The van der Waals surface area contributed by atoms with Crippen LogP contribution < -0.4 is 4.74 Å². The Hall–Kier alpha value is -1.17. The van der Waals surface area contributed by atoms with Crippen molar-refractivity contribution in [2.45, 2.75) is 31.8 Å². The van der Waals surface area contributed by atoms with Crippen LogP contribution in [0.1, 0.15) is 25.7 Å². The van der Waals surface area contributed by atoms with Crippen molar-refractivity contribution in [2.75, 3.05) is 13.1 Å². The summed E-state index contributed by atoms with van der Waals surface area (Å²) in [6, 6.07) is 0.383. The third-order valence-electron chi connectivity index (χ3n) is 3.49. The van der Waals surface area contributed by atoms with Crippen molar-refractivity contribution in [3.63, 3.8) is 0 Å². The van der Waals surface area contributed by atoms with Gasteiger partial charge in [0.15, 0.2) is 0 Å². The molecule has 0 spiro atoms. The minimum absolute atomic E-state index is 0.0117. The number of amides is 1. The number of rotatable bonds is 3. The molecule has 1 aromatic rings. The van der Waals surface area contributed by atoms with Gasteiger partial charge in [0, 0.05) is 24.9 Å². The quantitative estimate of drug-likeness (QED) is 0.853. The molecule has 2 aliphatic rings. The van der Waals surface area contributed by atoms with Gasteiger partial charge in [0.25, 0.3) is 0 Å². The number of likely N-dealkylation sites (tertiary alicyclic amines) is 1. The average molecular weight is 326 g/mol. The smallest absolute Gasteiger partial charge is 0.316 e. The number of halogens is 1. The zero-order chi connectivity index (χ0) is 13.2. The van der Waals surface area contributed by atoms with E-state index in [1.165, 1.54) is 0 Å². The van der Waals surface area contributed by atoms with E-state index in [-0.39, 0.29) is 12.0 Å². The van der Waals surface area contributed by atoms with E-state index >= 15 is 0 Å². The van der Waals surface area contributed by atoms with E-state index in [0.717, 1.165) is 36.7 Å². The fraction of sp³-hybridized carbons (Fsp3) is 0.615. The Bertz CT molecular complexity index is 461. The van der Waals surface area contributed by atoms with Crippen LogP contribution in [-0.4, -0.2) is 40.0 Å². The molecule has 1 saturated carbocycles. The number of hydrogen-bond donors (Lipinski definition) is 0. The molecule has 0 bridgehead atoms. The van der Waals surface area contributed by atoms with E-state index in [4.69, 9.17) is 4.74 Å². The summed E-state index contributed by atoms with van der Waals surface area (Å²) in [4.78, 5) is 22.2. The molecular weight excluding hydrogens is 310 g/mol. The first kappa shape index (κ1) is 12.8. The number of piperidine rings is 1. The van der Waals surface area contributed by atoms with Crippen LogP contribution in [0.25, 0.3) is 0 Å². The minimum atomic E-state index is 0.0117. The highest BCUT2D eigenvalue weighted by Crippen LogP contribution is 2.32. The Morgan fingerprint density at radius 2 is 2.05 bits per heavy atom. The summed E-state index contributed by atoms with van der Waals surface area (Å²) in [7, 11) is 0. The molecule has 1 aliphatic heterocycles. The molecular formula is C13H16BrN3O2. The van der Waals surface area contributed by atoms with Crippen LogP contribution in [0, 0.1) is 5.92 Å². The number of carbonyl (C=O) groups excluding carboxylic acids is 1. The topological polar surface area (TPSA) is 55.3 Å². The largest absolute Gasteiger partial charge is 0.458 e. The standard InChI is InChI=1S/C13H16BrN3O2/c14-10-6-15-13(16-7-10)19-11-2-1-5-17(8-11)12(18)9-3-4-9/h6-7,9,11H,1-5,8H2. The van der Waals surface area contributed by atoms with E-state index in [9.17, 15) is 4.79 Å². The van der Waals surface area contributed by atoms with Crippen molar-refractivity contribution in [3.8, 4) is 6.01 Å². The van der Waals surface area contributed by atoms with Crippen LogP contribution in [0.5, 0.6) is 6.01 Å². The highest BCUT2D eigenvalue weighted by atomic mass is 79.9. The molecule has 0 aromatic carbocycles. The maximum atomic E-state index is 12.0. The average Bonchev–Trinajstić information content (AvgIpc) is 3.25. The molecule has 19 heavy (non-hydrogen) atoms. The number of carbonyl (C=O) groups is 1. The van der Waals surface area contributed by atoms with Crippen molar-refractivity contribution < 1.29 is 9.53 Å². The van der Waals surface area contributed by atoms with Gasteiger partial charge in [0.05, 0.1) is 11.0 Å². The summed E-state index contributed by atoms with van der Waals surface area (Å²) in [5.41, 5.74) is 0. The van der Waals surface area contributed by atoms with Crippen molar-refractivity contribution in [2.24, 2.45) is 5.92 Å². The lowest BCUT2D eigenvalue weighted by Gasteiger charge is -2.32. The molecule has 2 heterocycles. The van der Waals surface area contributed by atoms with Gasteiger partial charge >= 0.3 is 6.01 Å². The van der Waals surface area contributed by atoms with E-state index in [1.807, 2.05) is 4.90 Å². The van der Waals surface area contributed by atoms with Gasteiger partial charge in [-0.2, -0.15) is 0 Å². The number of ether oxygens (including phenoxy) is 1. The van der Waals surface area contributed by atoms with Gasteiger partial charge in [-0.05, 0) is 41.6 Å². The SMILES string of the molecule is O=C(C1CC1)N1CCCC(Oc2ncc(Br)cn2)C1. The molecule has 3 rings (SSSR count). The zero-order valence-corrected chi connectivity index (χ0v) is 12.2. The van der Waals surface area contributed by atoms with Gasteiger partial charge < -0.3 is 9.64 Å². The minimum Gasteiger partial charge on any atom is -0.458 e. The second kappa shape index (κ2) is 5.45. The molecule has 1 aromatic heterocycles. The van der Waals surface area contributed by atoms with Crippen LogP contribution in [0.15, 0.2) is 16.9 Å². The summed E-state index contributed by atoms with van der Waals surface area (Å²) >= 11 is 3.29. The summed E-state index contributed by atoms with van der Waals surface area (Å²) in [5, 5.41) is 0. The third-order valence-corrected chi connectivity index (χ3v) is 3.89. The van der Waals surface area contributed by atoms with Crippen LogP contribution in [0.2, 0.25) is 0 Å². The lowest BCUT2D eigenvalue weighted by molar-refractivity contribution is -0.135. The maximum absolute atomic E-state index is 12.0. The van der Waals surface area contributed by atoms with Gasteiger partial charge in [-0.3, -0.25) is 4.79 Å². The highest BCUT2D eigenvalue weighted by molar-refractivity contribution is 9.10. The van der Waals surface area contributed by atoms with Gasteiger partial charge in [-0.15, -0.1) is 0 Å². The number of hydrogen-bond acceptors (Lipinski definition) is 4. The summed E-state index contributed by atoms with van der Waals surface area (Å²) < 4.78 is 6.58. The molecule has 6 heteroatoms. The lowest BCUT2D eigenvalue weighted by atomic mass is 10.1. The molecule has 0 radical (unpaired) electrons. The molecule has 1 amide bonds. The van der Waals surface area contributed by atoms with Crippen LogP contribution >= 0.6 is 15.9 Å². The van der Waals surface area contributed by atoms with Crippen molar-refractivity contribution in [3.05, 3.63) is 16.9 Å². The normalized spacial score (nSPS) is 23.2. The maximum Gasteiger partial charge on any atom is 0.316 e. The summed E-state index contributed by atoms with van der Waals surface area (Å²) in [5.74, 6) is 0.577. The molecule has 1 saturated heterocycles. The molecule has 2 fully saturated rings. The van der Waals surface area contributed by atoms with Crippen molar-refractivity contribution in [1.29, 1.82) is 0 Å². The Morgan fingerprint density at radius 3 is 2.74 bits per heavy atom. The first-order valence-electron chi connectivity index (χ1n) is 6.65. The molecule has 1 unspecified atom stereocenters. The van der Waals surface area contributed by atoms with Crippen LogP contribution in [-0.2, 0) is 4.79 Å². The monoisotopic (exact) mass is 325 g/mol. The highest BCUT2D eigenvalue weighted by Gasteiger charge is 2.35. The molecule has 0 N–H and O–H groups in total. The van der Waals surface area contributed by atoms with E-state index < -0.39 is 0 Å². The second-order valence-corrected chi connectivity index (χ2v) is 6.04. The van der Waals surface area contributed by atoms with E-state index in [1.54, 1.807) is 12.4 Å². The molecule has 1 atom stereocenters. The van der Waals surface area contributed by atoms with Crippen molar-refractivity contribution >= 4 is 21.8 Å². The first-order valence-corrected chi connectivity index (χ1v) is 7.44. The number of aromatic nitrogens is 2.